The normalized spacial score (nSPS) is 24.7. The Morgan fingerprint density at radius 1 is 1.09 bits per heavy atom. The number of benzene rings is 1. The summed E-state index contributed by atoms with van der Waals surface area (Å²) in [7, 11) is 0. The summed E-state index contributed by atoms with van der Waals surface area (Å²) in [4.78, 5) is 9.31. The van der Waals surface area contributed by atoms with Gasteiger partial charge in [0.15, 0.2) is 0 Å². The van der Waals surface area contributed by atoms with E-state index >= 15 is 0 Å². The molecule has 0 spiro atoms. The minimum atomic E-state index is 0.564. The van der Waals surface area contributed by atoms with Gasteiger partial charge in [0.25, 0.3) is 0 Å². The van der Waals surface area contributed by atoms with Crippen LogP contribution in [0.2, 0.25) is 5.15 Å². The molecule has 1 aromatic carbocycles. The molecule has 2 atom stereocenters. The Balaban J connectivity index is 1.46. The Kier molecular flexibility index (Phi) is 3.77. The van der Waals surface area contributed by atoms with E-state index in [1.165, 1.54) is 24.2 Å². The van der Waals surface area contributed by atoms with Crippen molar-refractivity contribution < 1.29 is 0 Å². The first-order valence-electron chi connectivity index (χ1n) is 7.94. The highest BCUT2D eigenvalue weighted by Gasteiger charge is 2.41. The van der Waals surface area contributed by atoms with Crippen molar-refractivity contribution in [2.75, 3.05) is 24.5 Å². The minimum Gasteiger partial charge on any atom is -0.368 e. The zero-order valence-corrected chi connectivity index (χ0v) is 13.3. The van der Waals surface area contributed by atoms with Crippen LogP contribution in [0, 0.1) is 5.92 Å². The topological polar surface area (TPSA) is 19.4 Å². The maximum atomic E-state index is 5.89. The van der Waals surface area contributed by atoms with E-state index in [9.17, 15) is 0 Å². The average Bonchev–Trinajstić information content (AvgIpc) is 3.11. The van der Waals surface area contributed by atoms with Gasteiger partial charge in [0, 0.05) is 25.7 Å². The summed E-state index contributed by atoms with van der Waals surface area (Å²) in [5, 5.41) is 0.564. The van der Waals surface area contributed by atoms with Crippen molar-refractivity contribution in [3.05, 3.63) is 59.4 Å². The van der Waals surface area contributed by atoms with E-state index in [0.717, 1.165) is 25.6 Å². The summed E-state index contributed by atoms with van der Waals surface area (Å²) in [5.74, 6) is 0.777. The largest absolute Gasteiger partial charge is 0.368 e. The second kappa shape index (κ2) is 5.90. The second-order valence-electron chi connectivity index (χ2n) is 6.32. The molecule has 4 rings (SSSR count). The van der Waals surface area contributed by atoms with Crippen molar-refractivity contribution in [2.45, 2.75) is 19.0 Å². The fourth-order valence-corrected chi connectivity index (χ4v) is 3.94. The molecule has 22 heavy (non-hydrogen) atoms. The lowest BCUT2D eigenvalue weighted by Crippen LogP contribution is -2.34. The van der Waals surface area contributed by atoms with Gasteiger partial charge in [-0.1, -0.05) is 41.9 Å². The van der Waals surface area contributed by atoms with Crippen LogP contribution in [0.5, 0.6) is 0 Å². The standard InChI is InChI=1S/C18H20ClN3/c19-18-7-6-16(10-20-18)22-12-15-8-9-21(17(15)13-22)11-14-4-2-1-3-5-14/h1-7,10,15,17H,8-9,11-13H2/t15-,17+/m0/s1. The number of hydrogen-bond donors (Lipinski definition) is 0. The predicted molar refractivity (Wildman–Crippen MR) is 90.2 cm³/mol. The van der Waals surface area contributed by atoms with Gasteiger partial charge in [-0.05, 0) is 36.6 Å². The van der Waals surface area contributed by atoms with Crippen LogP contribution >= 0.6 is 11.6 Å². The van der Waals surface area contributed by atoms with Crippen LogP contribution in [0.3, 0.4) is 0 Å². The van der Waals surface area contributed by atoms with Gasteiger partial charge in [-0.2, -0.15) is 0 Å². The van der Waals surface area contributed by atoms with Crippen molar-refractivity contribution in [3.8, 4) is 0 Å². The maximum Gasteiger partial charge on any atom is 0.129 e. The van der Waals surface area contributed by atoms with E-state index in [-0.39, 0.29) is 0 Å². The molecule has 2 fully saturated rings. The molecule has 2 aromatic rings. The van der Waals surface area contributed by atoms with E-state index in [1.807, 2.05) is 12.3 Å². The molecular weight excluding hydrogens is 294 g/mol. The van der Waals surface area contributed by atoms with Gasteiger partial charge < -0.3 is 4.90 Å². The second-order valence-corrected chi connectivity index (χ2v) is 6.70. The third kappa shape index (κ3) is 2.71. The van der Waals surface area contributed by atoms with Crippen LogP contribution < -0.4 is 4.90 Å². The number of anilines is 1. The molecule has 3 heterocycles. The quantitative estimate of drug-likeness (QED) is 0.809. The summed E-state index contributed by atoms with van der Waals surface area (Å²) in [5.41, 5.74) is 2.60. The number of rotatable bonds is 3. The van der Waals surface area contributed by atoms with Gasteiger partial charge in [0.2, 0.25) is 0 Å². The summed E-state index contributed by atoms with van der Waals surface area (Å²) in [6.45, 7) is 4.52. The third-order valence-electron chi connectivity index (χ3n) is 4.97. The molecule has 1 aromatic heterocycles. The Morgan fingerprint density at radius 3 is 2.73 bits per heavy atom. The summed E-state index contributed by atoms with van der Waals surface area (Å²) < 4.78 is 0. The van der Waals surface area contributed by atoms with E-state index in [2.05, 4.69) is 51.2 Å². The fourth-order valence-electron chi connectivity index (χ4n) is 3.83. The molecule has 0 radical (unpaired) electrons. The number of fused-ring (bicyclic) bond motifs is 1. The van der Waals surface area contributed by atoms with Gasteiger partial charge >= 0.3 is 0 Å². The molecule has 2 saturated heterocycles. The summed E-state index contributed by atoms with van der Waals surface area (Å²) in [6, 6.07) is 15.4. The van der Waals surface area contributed by atoms with Gasteiger partial charge in [-0.3, -0.25) is 4.90 Å². The molecule has 0 unspecified atom stereocenters. The van der Waals surface area contributed by atoms with E-state index < -0.39 is 0 Å². The molecular formula is C18H20ClN3. The molecule has 0 N–H and O–H groups in total. The summed E-state index contributed by atoms with van der Waals surface area (Å²) in [6.07, 6.45) is 3.19. The number of hydrogen-bond acceptors (Lipinski definition) is 3. The van der Waals surface area contributed by atoms with E-state index in [4.69, 9.17) is 11.6 Å². The SMILES string of the molecule is Clc1ccc(N2C[C@@H]3CCN(Cc4ccccc4)[C@@H]3C2)cn1. The highest BCUT2D eigenvalue weighted by Crippen LogP contribution is 2.34. The number of nitrogens with zero attached hydrogens (tertiary/aromatic N) is 3. The van der Waals surface area contributed by atoms with Crippen molar-refractivity contribution in [1.82, 2.24) is 9.88 Å². The Labute approximate surface area is 136 Å². The zero-order valence-electron chi connectivity index (χ0n) is 12.5. The Hall–Kier alpha value is -1.58. The van der Waals surface area contributed by atoms with Crippen LogP contribution in [0.25, 0.3) is 0 Å². The molecule has 4 heteroatoms. The van der Waals surface area contributed by atoms with E-state index in [1.54, 1.807) is 0 Å². The molecule has 3 nitrogen and oxygen atoms in total. The van der Waals surface area contributed by atoms with Gasteiger partial charge in [-0.15, -0.1) is 0 Å². The van der Waals surface area contributed by atoms with Crippen molar-refractivity contribution >= 4 is 17.3 Å². The van der Waals surface area contributed by atoms with Gasteiger partial charge in [0.1, 0.15) is 5.15 Å². The van der Waals surface area contributed by atoms with Crippen LogP contribution in [-0.2, 0) is 6.54 Å². The van der Waals surface area contributed by atoms with Crippen molar-refractivity contribution in [1.29, 1.82) is 0 Å². The van der Waals surface area contributed by atoms with Crippen molar-refractivity contribution in [3.63, 3.8) is 0 Å². The predicted octanol–water partition coefficient (Wildman–Crippen LogP) is 3.45. The monoisotopic (exact) mass is 313 g/mol. The van der Waals surface area contributed by atoms with E-state index in [0.29, 0.717) is 11.2 Å². The highest BCUT2D eigenvalue weighted by atomic mass is 35.5. The molecule has 2 aliphatic rings. The molecule has 114 valence electrons. The maximum absolute atomic E-state index is 5.89. The number of aromatic nitrogens is 1. The molecule has 0 bridgehead atoms. The molecule has 0 aliphatic carbocycles. The number of halogens is 1. The first kappa shape index (κ1) is 14.0. The highest BCUT2D eigenvalue weighted by molar-refractivity contribution is 6.29. The number of likely N-dealkylation sites (tertiary alicyclic amines) is 1. The smallest absolute Gasteiger partial charge is 0.129 e. The Bertz CT molecular complexity index is 629. The van der Waals surface area contributed by atoms with Crippen LogP contribution in [0.4, 0.5) is 5.69 Å². The van der Waals surface area contributed by atoms with Crippen LogP contribution in [-0.4, -0.2) is 35.6 Å². The van der Waals surface area contributed by atoms with Crippen molar-refractivity contribution in [2.24, 2.45) is 5.92 Å². The molecule has 0 saturated carbocycles. The number of pyridine rings is 1. The first-order chi connectivity index (χ1) is 10.8. The minimum absolute atomic E-state index is 0.564. The zero-order chi connectivity index (χ0) is 14.9. The van der Waals surface area contributed by atoms with Crippen LogP contribution in [0.1, 0.15) is 12.0 Å². The van der Waals surface area contributed by atoms with Crippen LogP contribution in [0.15, 0.2) is 48.7 Å². The van der Waals surface area contributed by atoms with Gasteiger partial charge in [-0.25, -0.2) is 4.98 Å². The first-order valence-corrected chi connectivity index (χ1v) is 8.32. The summed E-state index contributed by atoms with van der Waals surface area (Å²) >= 11 is 5.89. The third-order valence-corrected chi connectivity index (χ3v) is 5.19. The lowest BCUT2D eigenvalue weighted by atomic mass is 10.0. The lowest BCUT2D eigenvalue weighted by Gasteiger charge is -2.25. The lowest BCUT2D eigenvalue weighted by molar-refractivity contribution is 0.246. The van der Waals surface area contributed by atoms with Gasteiger partial charge in [0.05, 0.1) is 11.9 Å². The Morgan fingerprint density at radius 2 is 1.95 bits per heavy atom. The molecule has 2 aliphatic heterocycles. The fraction of sp³-hybridized carbons (Fsp3) is 0.389. The molecule has 0 amide bonds. The average molecular weight is 314 g/mol.